The van der Waals surface area contributed by atoms with Crippen LogP contribution >= 0.6 is 11.6 Å². The Bertz CT molecular complexity index is 790. The van der Waals surface area contributed by atoms with E-state index < -0.39 is 0 Å². The standard InChI is InChI=1S/C17H16ClN5/c1-11-8-13(4-5-15(11)18)14-9-21-16(22-10-14)12(2)23-17-19-6-3-7-20-17/h3-10,12H,1-2H3,(H,19,20,23)/t12-/m0/s1. The highest BCUT2D eigenvalue weighted by atomic mass is 35.5. The zero-order valence-electron chi connectivity index (χ0n) is 12.9. The molecule has 23 heavy (non-hydrogen) atoms. The predicted octanol–water partition coefficient (Wildman–Crippen LogP) is 4.07. The number of rotatable bonds is 4. The number of benzene rings is 1. The van der Waals surface area contributed by atoms with Crippen molar-refractivity contribution in [3.05, 3.63) is 65.5 Å². The normalized spacial score (nSPS) is 12.0. The molecule has 1 aromatic carbocycles. The molecule has 1 N–H and O–H groups in total. The molecule has 0 aliphatic rings. The van der Waals surface area contributed by atoms with Crippen LogP contribution in [0.3, 0.4) is 0 Å². The van der Waals surface area contributed by atoms with E-state index in [4.69, 9.17) is 11.6 Å². The van der Waals surface area contributed by atoms with Crippen molar-refractivity contribution in [3.8, 4) is 11.1 Å². The highest BCUT2D eigenvalue weighted by molar-refractivity contribution is 6.31. The molecule has 0 aliphatic carbocycles. The second-order valence-corrected chi connectivity index (χ2v) is 5.64. The monoisotopic (exact) mass is 325 g/mol. The van der Waals surface area contributed by atoms with E-state index >= 15 is 0 Å². The van der Waals surface area contributed by atoms with E-state index in [0.29, 0.717) is 11.8 Å². The third-order valence-electron chi connectivity index (χ3n) is 3.46. The first kappa shape index (κ1) is 15.4. The van der Waals surface area contributed by atoms with E-state index in [-0.39, 0.29) is 6.04 Å². The molecule has 0 fully saturated rings. The van der Waals surface area contributed by atoms with Gasteiger partial charge in [-0.15, -0.1) is 0 Å². The highest BCUT2D eigenvalue weighted by Gasteiger charge is 2.10. The van der Waals surface area contributed by atoms with E-state index in [9.17, 15) is 0 Å². The third-order valence-corrected chi connectivity index (χ3v) is 3.89. The molecule has 2 aromatic heterocycles. The molecule has 0 unspecified atom stereocenters. The summed E-state index contributed by atoms with van der Waals surface area (Å²) in [7, 11) is 0. The summed E-state index contributed by atoms with van der Waals surface area (Å²) in [6.07, 6.45) is 7.01. The molecular formula is C17H16ClN5. The predicted molar refractivity (Wildman–Crippen MR) is 91.3 cm³/mol. The molecule has 3 aromatic rings. The van der Waals surface area contributed by atoms with Crippen LogP contribution in [0.15, 0.2) is 49.1 Å². The molecule has 0 spiro atoms. The number of hydrogen-bond acceptors (Lipinski definition) is 5. The van der Waals surface area contributed by atoms with Gasteiger partial charge < -0.3 is 5.32 Å². The van der Waals surface area contributed by atoms with E-state index in [2.05, 4.69) is 25.3 Å². The number of halogens is 1. The maximum Gasteiger partial charge on any atom is 0.223 e. The van der Waals surface area contributed by atoms with Crippen molar-refractivity contribution in [1.82, 2.24) is 19.9 Å². The lowest BCUT2D eigenvalue weighted by Gasteiger charge is -2.12. The van der Waals surface area contributed by atoms with Crippen LogP contribution < -0.4 is 5.32 Å². The Morgan fingerprint density at radius 1 is 1.00 bits per heavy atom. The Morgan fingerprint density at radius 3 is 2.35 bits per heavy atom. The SMILES string of the molecule is Cc1cc(-c2cnc([C@H](C)Nc3ncccn3)nc2)ccc1Cl. The van der Waals surface area contributed by atoms with E-state index in [0.717, 1.165) is 21.7 Å². The van der Waals surface area contributed by atoms with Gasteiger partial charge in [-0.25, -0.2) is 19.9 Å². The van der Waals surface area contributed by atoms with Crippen molar-refractivity contribution in [3.63, 3.8) is 0 Å². The van der Waals surface area contributed by atoms with E-state index in [1.54, 1.807) is 18.5 Å². The van der Waals surface area contributed by atoms with Gasteiger partial charge in [-0.1, -0.05) is 17.7 Å². The molecular weight excluding hydrogens is 310 g/mol. The van der Waals surface area contributed by atoms with Gasteiger partial charge in [0.2, 0.25) is 5.95 Å². The minimum atomic E-state index is -0.0848. The second kappa shape index (κ2) is 6.71. The minimum absolute atomic E-state index is 0.0848. The van der Waals surface area contributed by atoms with Crippen LogP contribution in [0.5, 0.6) is 0 Å². The largest absolute Gasteiger partial charge is 0.344 e. The summed E-state index contributed by atoms with van der Waals surface area (Å²) in [5, 5.41) is 3.93. The molecule has 6 heteroatoms. The first-order chi connectivity index (χ1) is 11.1. The number of aromatic nitrogens is 4. The van der Waals surface area contributed by atoms with Crippen molar-refractivity contribution in [2.45, 2.75) is 19.9 Å². The van der Waals surface area contributed by atoms with Crippen LogP contribution in [-0.2, 0) is 0 Å². The lowest BCUT2D eigenvalue weighted by atomic mass is 10.1. The zero-order valence-corrected chi connectivity index (χ0v) is 13.6. The van der Waals surface area contributed by atoms with Crippen LogP contribution in [0.1, 0.15) is 24.4 Å². The van der Waals surface area contributed by atoms with Crippen molar-refractivity contribution < 1.29 is 0 Å². The number of aryl methyl sites for hydroxylation is 1. The fourth-order valence-electron chi connectivity index (χ4n) is 2.17. The van der Waals surface area contributed by atoms with Crippen molar-refractivity contribution in [2.75, 3.05) is 5.32 Å². The molecule has 1 atom stereocenters. The fraction of sp³-hybridized carbons (Fsp3) is 0.176. The average Bonchev–Trinajstić information content (AvgIpc) is 2.58. The lowest BCUT2D eigenvalue weighted by Crippen LogP contribution is -2.12. The quantitative estimate of drug-likeness (QED) is 0.783. The average molecular weight is 326 g/mol. The van der Waals surface area contributed by atoms with Gasteiger partial charge in [0.15, 0.2) is 0 Å². The number of nitrogens with zero attached hydrogens (tertiary/aromatic N) is 4. The maximum absolute atomic E-state index is 6.06. The summed E-state index contributed by atoms with van der Waals surface area (Å²) in [4.78, 5) is 17.2. The van der Waals surface area contributed by atoms with Crippen molar-refractivity contribution >= 4 is 17.5 Å². The number of anilines is 1. The zero-order chi connectivity index (χ0) is 16.2. The smallest absolute Gasteiger partial charge is 0.223 e. The first-order valence-electron chi connectivity index (χ1n) is 7.25. The molecule has 0 saturated heterocycles. The number of hydrogen-bond donors (Lipinski definition) is 1. The van der Waals surface area contributed by atoms with Crippen LogP contribution in [0, 0.1) is 6.92 Å². The number of nitrogens with one attached hydrogen (secondary N) is 1. The van der Waals surface area contributed by atoms with Gasteiger partial charge >= 0.3 is 0 Å². The topological polar surface area (TPSA) is 63.6 Å². The maximum atomic E-state index is 6.06. The van der Waals surface area contributed by atoms with Gasteiger partial charge in [-0.3, -0.25) is 0 Å². The summed E-state index contributed by atoms with van der Waals surface area (Å²) < 4.78 is 0. The van der Waals surface area contributed by atoms with E-state index in [1.807, 2.05) is 44.4 Å². The lowest BCUT2D eigenvalue weighted by molar-refractivity contribution is 0.777. The van der Waals surface area contributed by atoms with Gasteiger partial charge in [-0.2, -0.15) is 0 Å². The Balaban J connectivity index is 1.77. The summed E-state index contributed by atoms with van der Waals surface area (Å²) >= 11 is 6.06. The minimum Gasteiger partial charge on any atom is -0.344 e. The van der Waals surface area contributed by atoms with Crippen LogP contribution in [0.4, 0.5) is 5.95 Å². The van der Waals surface area contributed by atoms with Gasteiger partial charge in [0.25, 0.3) is 0 Å². The Labute approximate surface area is 139 Å². The fourth-order valence-corrected chi connectivity index (χ4v) is 2.28. The molecule has 5 nitrogen and oxygen atoms in total. The summed E-state index contributed by atoms with van der Waals surface area (Å²) in [6, 6.07) is 7.57. The molecule has 0 amide bonds. The van der Waals surface area contributed by atoms with Crippen molar-refractivity contribution in [2.24, 2.45) is 0 Å². The molecule has 0 radical (unpaired) electrons. The second-order valence-electron chi connectivity index (χ2n) is 5.23. The van der Waals surface area contributed by atoms with Gasteiger partial charge in [0, 0.05) is 35.4 Å². The summed E-state index contributed by atoms with van der Waals surface area (Å²) in [5.74, 6) is 1.24. The first-order valence-corrected chi connectivity index (χ1v) is 7.63. The Hall–Kier alpha value is -2.53. The summed E-state index contributed by atoms with van der Waals surface area (Å²) in [6.45, 7) is 3.95. The molecule has 3 rings (SSSR count). The van der Waals surface area contributed by atoms with Crippen LogP contribution in [0.25, 0.3) is 11.1 Å². The molecule has 0 aliphatic heterocycles. The third kappa shape index (κ3) is 3.63. The van der Waals surface area contributed by atoms with Crippen molar-refractivity contribution in [1.29, 1.82) is 0 Å². The molecule has 2 heterocycles. The summed E-state index contributed by atoms with van der Waals surface area (Å²) in [5.41, 5.74) is 3.03. The van der Waals surface area contributed by atoms with E-state index in [1.165, 1.54) is 0 Å². The van der Waals surface area contributed by atoms with Crippen LogP contribution in [0.2, 0.25) is 5.02 Å². The van der Waals surface area contributed by atoms with Crippen LogP contribution in [-0.4, -0.2) is 19.9 Å². The van der Waals surface area contributed by atoms with Gasteiger partial charge in [0.1, 0.15) is 5.82 Å². The molecule has 0 bridgehead atoms. The highest BCUT2D eigenvalue weighted by Crippen LogP contribution is 2.24. The van der Waals surface area contributed by atoms with Gasteiger partial charge in [0.05, 0.1) is 6.04 Å². The van der Waals surface area contributed by atoms with Gasteiger partial charge in [-0.05, 0) is 43.2 Å². The Kier molecular flexibility index (Phi) is 4.48. The molecule has 116 valence electrons. The Morgan fingerprint density at radius 2 is 1.70 bits per heavy atom. The molecule has 0 saturated carbocycles.